The molecule has 1 aliphatic heterocycles. The van der Waals surface area contributed by atoms with Gasteiger partial charge in [0.05, 0.1) is 38.3 Å². The van der Waals surface area contributed by atoms with Gasteiger partial charge < -0.3 is 9.84 Å². The van der Waals surface area contributed by atoms with E-state index in [0.29, 0.717) is 34.5 Å². The molecular weight excluding hydrogens is 330 g/mol. The zero-order valence-corrected chi connectivity index (χ0v) is 13.0. The highest BCUT2D eigenvalue weighted by Crippen LogP contribution is 2.30. The zero-order valence-electron chi connectivity index (χ0n) is 11.5. The molecule has 3 rings (SSSR count). The van der Waals surface area contributed by atoms with Gasteiger partial charge in [0.25, 0.3) is 0 Å². The minimum atomic E-state index is -0.662. The Morgan fingerprint density at radius 1 is 1.36 bits per heavy atom. The van der Waals surface area contributed by atoms with Crippen LogP contribution in [0.5, 0.6) is 0 Å². The maximum Gasteiger partial charge on any atom is 0.133 e. The molecule has 0 spiro atoms. The Morgan fingerprint density at radius 2 is 2.18 bits per heavy atom. The lowest BCUT2D eigenvalue weighted by Gasteiger charge is -2.19. The highest BCUT2D eigenvalue weighted by molar-refractivity contribution is 6.35. The summed E-state index contributed by atoms with van der Waals surface area (Å²) in [6, 6.07) is 5.21. The van der Waals surface area contributed by atoms with Crippen LogP contribution in [-0.2, 0) is 17.9 Å². The van der Waals surface area contributed by atoms with Crippen molar-refractivity contribution in [3.05, 3.63) is 57.1 Å². The van der Waals surface area contributed by atoms with E-state index in [0.717, 1.165) is 11.1 Å². The fourth-order valence-electron chi connectivity index (χ4n) is 2.44. The molecular formula is C15H13Cl2FN2O2. The van der Waals surface area contributed by atoms with E-state index in [1.54, 1.807) is 23.0 Å². The first-order valence-electron chi connectivity index (χ1n) is 6.65. The Hall–Kier alpha value is -1.40. The lowest BCUT2D eigenvalue weighted by atomic mass is 10.1. The van der Waals surface area contributed by atoms with Gasteiger partial charge in [-0.2, -0.15) is 5.10 Å². The maximum atomic E-state index is 13.9. The van der Waals surface area contributed by atoms with E-state index < -0.39 is 12.4 Å². The first kappa shape index (κ1) is 15.5. The number of hydrogen-bond acceptors (Lipinski definition) is 3. The molecule has 0 saturated carbocycles. The summed E-state index contributed by atoms with van der Waals surface area (Å²) >= 11 is 12.1. The monoisotopic (exact) mass is 342 g/mol. The van der Waals surface area contributed by atoms with Crippen LogP contribution in [-0.4, -0.2) is 28.1 Å². The molecule has 0 atom stereocenters. The number of rotatable bonds is 3. The largest absolute Gasteiger partial charge is 0.389 e. The Kier molecular flexibility index (Phi) is 4.49. The van der Waals surface area contributed by atoms with E-state index in [9.17, 15) is 4.39 Å². The van der Waals surface area contributed by atoms with Gasteiger partial charge in [-0.1, -0.05) is 29.3 Å². The topological polar surface area (TPSA) is 47.3 Å². The molecule has 2 aromatic rings. The average Bonchev–Trinajstić information content (AvgIpc) is 2.92. The third-order valence-corrected chi connectivity index (χ3v) is 4.09. The van der Waals surface area contributed by atoms with Crippen molar-refractivity contribution in [2.24, 2.45) is 0 Å². The lowest BCUT2D eigenvalue weighted by molar-refractivity contribution is 0.143. The van der Waals surface area contributed by atoms with Crippen molar-refractivity contribution >= 4 is 28.8 Å². The van der Waals surface area contributed by atoms with E-state index in [2.05, 4.69) is 5.10 Å². The number of aliphatic hydroxyl groups is 1. The SMILES string of the molecule is OC/C(F)=C1\COCc2cnn(Cc3ccc(Cl)cc3Cl)c21. The molecule has 0 radical (unpaired) electrons. The molecule has 0 fully saturated rings. The molecule has 0 unspecified atom stereocenters. The summed E-state index contributed by atoms with van der Waals surface area (Å²) in [5, 5.41) is 14.4. The van der Waals surface area contributed by atoms with Crippen LogP contribution in [0, 0.1) is 0 Å². The van der Waals surface area contributed by atoms with E-state index >= 15 is 0 Å². The van der Waals surface area contributed by atoms with Crippen LogP contribution in [0.3, 0.4) is 0 Å². The molecule has 1 aromatic carbocycles. The molecule has 4 nitrogen and oxygen atoms in total. The highest BCUT2D eigenvalue weighted by Gasteiger charge is 2.23. The zero-order chi connectivity index (χ0) is 15.7. The molecule has 22 heavy (non-hydrogen) atoms. The van der Waals surface area contributed by atoms with Crippen LogP contribution in [0.15, 0.2) is 30.2 Å². The van der Waals surface area contributed by atoms with Crippen molar-refractivity contribution < 1.29 is 14.2 Å². The predicted molar refractivity (Wildman–Crippen MR) is 82.6 cm³/mol. The van der Waals surface area contributed by atoms with E-state index in [-0.39, 0.29) is 6.61 Å². The quantitative estimate of drug-likeness (QED) is 0.929. The molecule has 0 bridgehead atoms. The molecule has 2 heterocycles. The minimum absolute atomic E-state index is 0.111. The lowest BCUT2D eigenvalue weighted by Crippen LogP contribution is -2.15. The summed E-state index contributed by atoms with van der Waals surface area (Å²) in [5.74, 6) is -0.607. The Labute approximate surface area is 136 Å². The summed E-state index contributed by atoms with van der Waals surface area (Å²) in [6.45, 7) is 0.198. The fourth-order valence-corrected chi connectivity index (χ4v) is 2.91. The van der Waals surface area contributed by atoms with Crippen LogP contribution in [0.4, 0.5) is 4.39 Å². The molecule has 7 heteroatoms. The Balaban J connectivity index is 2.01. The molecule has 1 aromatic heterocycles. The van der Waals surface area contributed by atoms with Crippen LogP contribution < -0.4 is 0 Å². The van der Waals surface area contributed by atoms with Crippen LogP contribution in [0.2, 0.25) is 10.0 Å². The number of ether oxygens (including phenoxy) is 1. The summed E-state index contributed by atoms with van der Waals surface area (Å²) in [5.41, 5.74) is 2.58. The van der Waals surface area contributed by atoms with Crippen molar-refractivity contribution in [1.29, 1.82) is 0 Å². The third-order valence-electron chi connectivity index (χ3n) is 3.51. The summed E-state index contributed by atoms with van der Waals surface area (Å²) in [4.78, 5) is 0. The molecule has 1 aliphatic rings. The second-order valence-corrected chi connectivity index (χ2v) is 5.79. The van der Waals surface area contributed by atoms with Crippen molar-refractivity contribution in [3.8, 4) is 0 Å². The molecule has 116 valence electrons. The minimum Gasteiger partial charge on any atom is -0.389 e. The standard InChI is InChI=1S/C15H13Cl2FN2O2/c16-11-2-1-9(13(17)3-11)5-20-15-10(4-19-20)7-22-8-12(15)14(18)6-21/h1-4,21H,5-8H2/b14-12-. The van der Waals surface area contributed by atoms with Gasteiger partial charge in [-0.3, -0.25) is 4.68 Å². The van der Waals surface area contributed by atoms with Crippen LogP contribution >= 0.6 is 23.2 Å². The van der Waals surface area contributed by atoms with Gasteiger partial charge in [-0.05, 0) is 17.7 Å². The average molecular weight is 343 g/mol. The van der Waals surface area contributed by atoms with Gasteiger partial charge in [0, 0.05) is 21.2 Å². The third kappa shape index (κ3) is 2.90. The molecule has 0 aliphatic carbocycles. The number of aliphatic hydroxyl groups excluding tert-OH is 1. The van der Waals surface area contributed by atoms with E-state index in [1.807, 2.05) is 6.07 Å². The number of nitrogens with zero attached hydrogens (tertiary/aromatic N) is 2. The predicted octanol–water partition coefficient (Wildman–Crippen LogP) is 3.44. The number of halogens is 3. The van der Waals surface area contributed by atoms with Crippen LogP contribution in [0.1, 0.15) is 16.8 Å². The van der Waals surface area contributed by atoms with Crippen LogP contribution in [0.25, 0.3) is 5.57 Å². The van der Waals surface area contributed by atoms with Gasteiger partial charge in [-0.25, -0.2) is 4.39 Å². The summed E-state index contributed by atoms with van der Waals surface area (Å²) < 4.78 is 20.9. The molecule has 0 saturated heterocycles. The highest BCUT2D eigenvalue weighted by atomic mass is 35.5. The number of aromatic nitrogens is 2. The van der Waals surface area contributed by atoms with Crippen molar-refractivity contribution in [2.45, 2.75) is 13.2 Å². The smallest absolute Gasteiger partial charge is 0.133 e. The van der Waals surface area contributed by atoms with Crippen molar-refractivity contribution in [3.63, 3.8) is 0 Å². The van der Waals surface area contributed by atoms with E-state index in [1.165, 1.54) is 0 Å². The van der Waals surface area contributed by atoms with Crippen molar-refractivity contribution in [2.75, 3.05) is 13.2 Å². The Bertz CT molecular complexity index is 743. The van der Waals surface area contributed by atoms with Gasteiger partial charge in [0.15, 0.2) is 0 Å². The number of benzene rings is 1. The van der Waals surface area contributed by atoms with E-state index in [4.69, 9.17) is 33.0 Å². The molecule has 0 amide bonds. The Morgan fingerprint density at radius 3 is 2.91 bits per heavy atom. The van der Waals surface area contributed by atoms with Gasteiger partial charge >= 0.3 is 0 Å². The number of fused-ring (bicyclic) bond motifs is 1. The summed E-state index contributed by atoms with van der Waals surface area (Å²) in [6.07, 6.45) is 1.64. The maximum absolute atomic E-state index is 13.9. The normalized spacial score (nSPS) is 16.5. The second-order valence-electron chi connectivity index (χ2n) is 4.95. The van der Waals surface area contributed by atoms with Gasteiger partial charge in [0.2, 0.25) is 0 Å². The first-order valence-corrected chi connectivity index (χ1v) is 7.41. The first-order chi connectivity index (χ1) is 10.6. The van der Waals surface area contributed by atoms with Gasteiger partial charge in [-0.15, -0.1) is 0 Å². The second kappa shape index (κ2) is 6.38. The van der Waals surface area contributed by atoms with Crippen molar-refractivity contribution in [1.82, 2.24) is 9.78 Å². The fraction of sp³-hybridized carbons (Fsp3) is 0.267. The van der Waals surface area contributed by atoms with Gasteiger partial charge in [0.1, 0.15) is 5.83 Å². The number of hydrogen-bond donors (Lipinski definition) is 1. The summed E-state index contributed by atoms with van der Waals surface area (Å²) in [7, 11) is 0. The molecule has 1 N–H and O–H groups in total.